The molecule has 3 aromatic rings. The van der Waals surface area contributed by atoms with E-state index in [0.29, 0.717) is 6.42 Å². The predicted molar refractivity (Wildman–Crippen MR) is 95.8 cm³/mol. The SMILES string of the molecule is CCC(O)(CO)c1cccc(Sc2ccc3ccccc3c2)c1. The fourth-order valence-electron chi connectivity index (χ4n) is 2.62. The quantitative estimate of drug-likeness (QED) is 0.721. The van der Waals surface area contributed by atoms with Crippen molar-refractivity contribution in [2.75, 3.05) is 6.61 Å². The fourth-order valence-corrected chi connectivity index (χ4v) is 3.55. The van der Waals surface area contributed by atoms with E-state index in [2.05, 4.69) is 30.3 Å². The van der Waals surface area contributed by atoms with Gasteiger partial charge in [0, 0.05) is 9.79 Å². The zero-order chi connectivity index (χ0) is 16.3. The van der Waals surface area contributed by atoms with Crippen molar-refractivity contribution in [2.45, 2.75) is 28.7 Å². The third-order valence-corrected chi connectivity index (χ3v) is 5.15. The summed E-state index contributed by atoms with van der Waals surface area (Å²) in [7, 11) is 0. The Morgan fingerprint density at radius 2 is 1.61 bits per heavy atom. The highest BCUT2D eigenvalue weighted by Crippen LogP contribution is 2.33. The maximum Gasteiger partial charge on any atom is 0.112 e. The van der Waals surface area contributed by atoms with Crippen LogP contribution in [0.1, 0.15) is 18.9 Å². The van der Waals surface area contributed by atoms with Crippen molar-refractivity contribution in [1.82, 2.24) is 0 Å². The lowest BCUT2D eigenvalue weighted by Crippen LogP contribution is -2.29. The van der Waals surface area contributed by atoms with E-state index >= 15 is 0 Å². The lowest BCUT2D eigenvalue weighted by Gasteiger charge is -2.25. The highest BCUT2D eigenvalue weighted by molar-refractivity contribution is 7.99. The molecule has 3 rings (SSSR count). The number of benzene rings is 3. The molecule has 3 heteroatoms. The van der Waals surface area contributed by atoms with Crippen molar-refractivity contribution in [3.8, 4) is 0 Å². The Balaban J connectivity index is 1.90. The predicted octanol–water partition coefficient (Wildman–Crippen LogP) is 4.58. The molecule has 3 aromatic carbocycles. The topological polar surface area (TPSA) is 40.5 Å². The maximum absolute atomic E-state index is 10.5. The third kappa shape index (κ3) is 3.42. The zero-order valence-electron chi connectivity index (χ0n) is 13.1. The molecule has 0 amide bonds. The summed E-state index contributed by atoms with van der Waals surface area (Å²) in [6, 6.07) is 22.5. The van der Waals surface area contributed by atoms with Crippen LogP contribution in [0.4, 0.5) is 0 Å². The monoisotopic (exact) mass is 324 g/mol. The van der Waals surface area contributed by atoms with Gasteiger partial charge in [0.2, 0.25) is 0 Å². The Hall–Kier alpha value is -1.81. The van der Waals surface area contributed by atoms with Crippen molar-refractivity contribution in [3.63, 3.8) is 0 Å². The summed E-state index contributed by atoms with van der Waals surface area (Å²) >= 11 is 1.66. The molecule has 0 saturated carbocycles. The molecule has 0 aliphatic carbocycles. The molecule has 0 spiro atoms. The van der Waals surface area contributed by atoms with Gasteiger partial charge in [0.25, 0.3) is 0 Å². The first kappa shape index (κ1) is 16.1. The van der Waals surface area contributed by atoms with E-state index < -0.39 is 5.60 Å². The molecule has 118 valence electrons. The second kappa shape index (κ2) is 6.75. The minimum absolute atomic E-state index is 0.270. The number of aliphatic hydroxyl groups is 2. The molecule has 0 aliphatic rings. The van der Waals surface area contributed by atoms with E-state index in [1.54, 1.807) is 11.8 Å². The van der Waals surface area contributed by atoms with Gasteiger partial charge in [-0.15, -0.1) is 0 Å². The number of hydrogen-bond donors (Lipinski definition) is 2. The number of rotatable bonds is 5. The summed E-state index contributed by atoms with van der Waals surface area (Å²) in [6.45, 7) is 1.60. The lowest BCUT2D eigenvalue weighted by molar-refractivity contribution is -0.0223. The molecule has 0 aliphatic heterocycles. The van der Waals surface area contributed by atoms with Gasteiger partial charge >= 0.3 is 0 Å². The highest BCUT2D eigenvalue weighted by Gasteiger charge is 2.26. The van der Waals surface area contributed by atoms with E-state index in [4.69, 9.17) is 0 Å². The van der Waals surface area contributed by atoms with Crippen molar-refractivity contribution >= 4 is 22.5 Å². The van der Waals surface area contributed by atoms with Crippen LogP contribution in [-0.4, -0.2) is 16.8 Å². The van der Waals surface area contributed by atoms with Crippen molar-refractivity contribution in [3.05, 3.63) is 72.3 Å². The molecule has 0 aromatic heterocycles. The van der Waals surface area contributed by atoms with Gasteiger partial charge in [-0.25, -0.2) is 0 Å². The summed E-state index contributed by atoms with van der Waals surface area (Å²) < 4.78 is 0. The first-order valence-electron chi connectivity index (χ1n) is 7.75. The Bertz CT molecular complexity index is 809. The van der Waals surface area contributed by atoms with Crippen LogP contribution in [0.2, 0.25) is 0 Å². The number of hydrogen-bond acceptors (Lipinski definition) is 3. The zero-order valence-corrected chi connectivity index (χ0v) is 13.9. The maximum atomic E-state index is 10.5. The van der Waals surface area contributed by atoms with E-state index in [-0.39, 0.29) is 6.61 Å². The average molecular weight is 324 g/mol. The first-order valence-corrected chi connectivity index (χ1v) is 8.57. The Labute approximate surface area is 140 Å². The van der Waals surface area contributed by atoms with Crippen LogP contribution in [0.15, 0.2) is 76.5 Å². The van der Waals surface area contributed by atoms with E-state index in [1.807, 2.05) is 43.3 Å². The van der Waals surface area contributed by atoms with E-state index in [1.165, 1.54) is 10.8 Å². The molecular formula is C20H20O2S. The standard InChI is InChI=1S/C20H20O2S/c1-2-20(22,14-21)17-8-5-9-18(13-17)23-19-11-10-15-6-3-4-7-16(15)12-19/h3-13,21-22H,2,14H2,1H3. The molecule has 23 heavy (non-hydrogen) atoms. The average Bonchev–Trinajstić information content (AvgIpc) is 2.61. The number of fused-ring (bicyclic) bond motifs is 1. The van der Waals surface area contributed by atoms with Gasteiger partial charge in [0.05, 0.1) is 6.61 Å². The van der Waals surface area contributed by atoms with Gasteiger partial charge in [-0.1, -0.05) is 61.2 Å². The van der Waals surface area contributed by atoms with Gasteiger partial charge in [-0.05, 0) is 47.0 Å². The summed E-state index contributed by atoms with van der Waals surface area (Å²) in [5.41, 5.74) is -0.409. The summed E-state index contributed by atoms with van der Waals surface area (Å²) in [4.78, 5) is 2.21. The van der Waals surface area contributed by atoms with Crippen LogP contribution in [0.3, 0.4) is 0 Å². The second-order valence-corrected chi connectivity index (χ2v) is 6.83. The smallest absolute Gasteiger partial charge is 0.112 e. The van der Waals surface area contributed by atoms with Gasteiger partial charge in [0.15, 0.2) is 0 Å². The molecule has 0 fully saturated rings. The van der Waals surface area contributed by atoms with Crippen LogP contribution in [0.25, 0.3) is 10.8 Å². The Kier molecular flexibility index (Phi) is 4.71. The summed E-state index contributed by atoms with van der Waals surface area (Å²) in [5, 5.41) is 22.4. The van der Waals surface area contributed by atoms with Crippen molar-refractivity contribution in [2.24, 2.45) is 0 Å². The van der Waals surface area contributed by atoms with Gasteiger partial charge < -0.3 is 10.2 Å². The first-order chi connectivity index (χ1) is 11.1. The molecule has 0 radical (unpaired) electrons. The largest absolute Gasteiger partial charge is 0.393 e. The molecule has 1 unspecified atom stereocenters. The van der Waals surface area contributed by atoms with E-state index in [0.717, 1.165) is 15.4 Å². The van der Waals surface area contributed by atoms with Crippen LogP contribution < -0.4 is 0 Å². The molecule has 0 bridgehead atoms. The summed E-state index contributed by atoms with van der Waals surface area (Å²) in [6.07, 6.45) is 0.480. The molecule has 2 N–H and O–H groups in total. The Morgan fingerprint density at radius 1 is 0.870 bits per heavy atom. The Morgan fingerprint density at radius 3 is 2.35 bits per heavy atom. The van der Waals surface area contributed by atoms with Gasteiger partial charge in [-0.3, -0.25) is 0 Å². The fraction of sp³-hybridized carbons (Fsp3) is 0.200. The molecule has 0 heterocycles. The highest BCUT2D eigenvalue weighted by atomic mass is 32.2. The van der Waals surface area contributed by atoms with Crippen molar-refractivity contribution < 1.29 is 10.2 Å². The second-order valence-electron chi connectivity index (χ2n) is 5.68. The molecule has 0 saturated heterocycles. The lowest BCUT2D eigenvalue weighted by atomic mass is 9.92. The van der Waals surface area contributed by atoms with Crippen LogP contribution >= 0.6 is 11.8 Å². The van der Waals surface area contributed by atoms with Crippen LogP contribution in [-0.2, 0) is 5.60 Å². The van der Waals surface area contributed by atoms with E-state index in [9.17, 15) is 10.2 Å². The minimum atomic E-state index is -1.17. The van der Waals surface area contributed by atoms with Gasteiger partial charge in [-0.2, -0.15) is 0 Å². The molecular weight excluding hydrogens is 304 g/mol. The number of aliphatic hydroxyl groups excluding tert-OH is 1. The molecule has 1 atom stereocenters. The van der Waals surface area contributed by atoms with Crippen molar-refractivity contribution in [1.29, 1.82) is 0 Å². The van der Waals surface area contributed by atoms with Crippen LogP contribution in [0, 0.1) is 0 Å². The minimum Gasteiger partial charge on any atom is -0.393 e. The molecule has 2 nitrogen and oxygen atoms in total. The van der Waals surface area contributed by atoms with Crippen LogP contribution in [0.5, 0.6) is 0 Å². The van der Waals surface area contributed by atoms with Gasteiger partial charge in [0.1, 0.15) is 5.60 Å². The summed E-state index contributed by atoms with van der Waals surface area (Å²) in [5.74, 6) is 0. The normalized spacial score (nSPS) is 13.9. The third-order valence-electron chi connectivity index (χ3n) is 4.17.